The second-order valence-electron chi connectivity index (χ2n) is 8.87. The minimum Gasteiger partial charge on any atom is -0.456 e. The number of nitrogens with zero attached hydrogens (tertiary/aromatic N) is 3. The summed E-state index contributed by atoms with van der Waals surface area (Å²) in [6.07, 6.45) is -0.151. The average molecular weight is 464 g/mol. The number of imide groups is 1. The van der Waals surface area contributed by atoms with Crippen LogP contribution in [0.1, 0.15) is 43.8 Å². The zero-order valence-corrected chi connectivity index (χ0v) is 19.6. The SMILES string of the molecule is Cc1cccc(CN2CCN(C(=O)COC(=O)CCN3C(=O)c4ccc(C)cc4C3=O)CC2)c1. The van der Waals surface area contributed by atoms with Crippen LogP contribution in [0.2, 0.25) is 0 Å². The number of piperazine rings is 1. The molecule has 2 aliphatic rings. The predicted octanol–water partition coefficient (Wildman–Crippen LogP) is 2.18. The van der Waals surface area contributed by atoms with E-state index in [0.29, 0.717) is 24.2 Å². The second kappa shape index (κ2) is 10.2. The Kier molecular flexibility index (Phi) is 7.07. The topological polar surface area (TPSA) is 87.2 Å². The van der Waals surface area contributed by atoms with Crippen molar-refractivity contribution < 1.29 is 23.9 Å². The lowest BCUT2D eigenvalue weighted by atomic mass is 10.1. The molecule has 0 N–H and O–H groups in total. The third-order valence-electron chi connectivity index (χ3n) is 6.24. The molecule has 0 aromatic heterocycles. The number of esters is 1. The van der Waals surface area contributed by atoms with Crippen LogP contribution in [0.15, 0.2) is 42.5 Å². The lowest BCUT2D eigenvalue weighted by Crippen LogP contribution is -2.49. The number of carbonyl (C=O) groups excluding carboxylic acids is 4. The number of amides is 3. The van der Waals surface area contributed by atoms with E-state index in [1.165, 1.54) is 11.1 Å². The molecule has 34 heavy (non-hydrogen) atoms. The summed E-state index contributed by atoms with van der Waals surface area (Å²) in [5.74, 6) is -1.66. The third kappa shape index (κ3) is 5.34. The van der Waals surface area contributed by atoms with Crippen LogP contribution in [0.3, 0.4) is 0 Å². The molecule has 2 aromatic carbocycles. The van der Waals surface area contributed by atoms with Gasteiger partial charge in [-0.3, -0.25) is 29.0 Å². The number of aryl methyl sites for hydroxylation is 2. The Balaban J connectivity index is 1.18. The van der Waals surface area contributed by atoms with Gasteiger partial charge in [0.2, 0.25) is 0 Å². The van der Waals surface area contributed by atoms with Gasteiger partial charge in [0.1, 0.15) is 0 Å². The number of benzene rings is 2. The van der Waals surface area contributed by atoms with Crippen molar-refractivity contribution in [1.82, 2.24) is 14.7 Å². The van der Waals surface area contributed by atoms with Crippen LogP contribution in [-0.2, 0) is 20.9 Å². The van der Waals surface area contributed by atoms with Crippen molar-refractivity contribution in [3.8, 4) is 0 Å². The molecular formula is C26H29N3O5. The highest BCUT2D eigenvalue weighted by atomic mass is 16.5. The van der Waals surface area contributed by atoms with Gasteiger partial charge < -0.3 is 9.64 Å². The van der Waals surface area contributed by atoms with Crippen LogP contribution in [0, 0.1) is 13.8 Å². The van der Waals surface area contributed by atoms with Crippen molar-refractivity contribution in [2.45, 2.75) is 26.8 Å². The zero-order chi connectivity index (χ0) is 24.2. The maximum atomic E-state index is 12.5. The summed E-state index contributed by atoms with van der Waals surface area (Å²) in [6.45, 7) is 7.03. The summed E-state index contributed by atoms with van der Waals surface area (Å²) in [7, 11) is 0. The smallest absolute Gasteiger partial charge is 0.308 e. The molecule has 0 bridgehead atoms. The molecule has 0 atom stereocenters. The molecule has 0 spiro atoms. The molecule has 0 unspecified atom stereocenters. The Morgan fingerprint density at radius 3 is 2.32 bits per heavy atom. The fourth-order valence-electron chi connectivity index (χ4n) is 4.34. The van der Waals surface area contributed by atoms with Gasteiger partial charge in [-0.05, 0) is 31.5 Å². The molecule has 1 fully saturated rings. The molecule has 2 aromatic rings. The van der Waals surface area contributed by atoms with Crippen molar-refractivity contribution >= 4 is 23.7 Å². The molecule has 0 saturated carbocycles. The Labute approximate surface area is 199 Å². The number of hydrogen-bond donors (Lipinski definition) is 0. The number of hydrogen-bond acceptors (Lipinski definition) is 6. The number of rotatable bonds is 7. The van der Waals surface area contributed by atoms with Crippen LogP contribution in [-0.4, -0.2) is 77.7 Å². The van der Waals surface area contributed by atoms with E-state index < -0.39 is 17.8 Å². The number of ether oxygens (including phenoxy) is 1. The molecule has 2 aliphatic heterocycles. The summed E-state index contributed by atoms with van der Waals surface area (Å²) in [6, 6.07) is 13.5. The van der Waals surface area contributed by atoms with Gasteiger partial charge in [0.15, 0.2) is 6.61 Å². The molecule has 1 saturated heterocycles. The van der Waals surface area contributed by atoms with Gasteiger partial charge in [-0.2, -0.15) is 0 Å². The van der Waals surface area contributed by atoms with Gasteiger partial charge in [0.05, 0.1) is 17.5 Å². The summed E-state index contributed by atoms with van der Waals surface area (Å²) in [5, 5.41) is 0. The lowest BCUT2D eigenvalue weighted by Gasteiger charge is -2.34. The van der Waals surface area contributed by atoms with E-state index in [-0.39, 0.29) is 25.5 Å². The van der Waals surface area contributed by atoms with Gasteiger partial charge in [0.25, 0.3) is 17.7 Å². The van der Waals surface area contributed by atoms with Crippen LogP contribution >= 0.6 is 0 Å². The van der Waals surface area contributed by atoms with Crippen molar-refractivity contribution in [1.29, 1.82) is 0 Å². The molecule has 8 heteroatoms. The van der Waals surface area contributed by atoms with E-state index in [0.717, 1.165) is 30.1 Å². The van der Waals surface area contributed by atoms with Gasteiger partial charge in [-0.1, -0.05) is 41.5 Å². The first kappa shape index (κ1) is 23.6. The second-order valence-corrected chi connectivity index (χ2v) is 8.87. The molecule has 8 nitrogen and oxygen atoms in total. The molecular weight excluding hydrogens is 434 g/mol. The molecule has 3 amide bonds. The largest absolute Gasteiger partial charge is 0.456 e. The van der Waals surface area contributed by atoms with E-state index in [9.17, 15) is 19.2 Å². The average Bonchev–Trinajstić information content (AvgIpc) is 3.05. The first-order valence-corrected chi connectivity index (χ1v) is 11.5. The van der Waals surface area contributed by atoms with E-state index in [1.54, 1.807) is 23.1 Å². The fraction of sp³-hybridized carbons (Fsp3) is 0.385. The van der Waals surface area contributed by atoms with E-state index in [1.807, 2.05) is 13.0 Å². The summed E-state index contributed by atoms with van der Waals surface area (Å²) in [5.41, 5.74) is 4.07. The van der Waals surface area contributed by atoms with Gasteiger partial charge in [-0.25, -0.2) is 0 Å². The first-order chi connectivity index (χ1) is 16.3. The minimum atomic E-state index is -0.612. The van der Waals surface area contributed by atoms with Gasteiger partial charge in [0, 0.05) is 39.3 Å². The normalized spacial score (nSPS) is 16.1. The highest BCUT2D eigenvalue weighted by Gasteiger charge is 2.35. The molecule has 0 aliphatic carbocycles. The first-order valence-electron chi connectivity index (χ1n) is 11.5. The monoisotopic (exact) mass is 463 g/mol. The Morgan fingerprint density at radius 1 is 0.882 bits per heavy atom. The van der Waals surface area contributed by atoms with Crippen molar-refractivity contribution in [3.63, 3.8) is 0 Å². The zero-order valence-electron chi connectivity index (χ0n) is 19.6. The van der Waals surface area contributed by atoms with Gasteiger partial charge >= 0.3 is 5.97 Å². The summed E-state index contributed by atoms with van der Waals surface area (Å²) in [4.78, 5) is 54.6. The molecule has 0 radical (unpaired) electrons. The fourth-order valence-corrected chi connectivity index (χ4v) is 4.34. The number of fused-ring (bicyclic) bond motifs is 1. The van der Waals surface area contributed by atoms with Crippen LogP contribution in [0.25, 0.3) is 0 Å². The standard InChI is InChI=1S/C26H29N3O5/c1-18-4-3-5-20(14-18)16-27-10-12-28(13-11-27)23(30)17-34-24(31)8-9-29-25(32)21-7-6-19(2)15-22(21)26(29)33/h3-7,14-15H,8-13,16-17H2,1-2H3. The minimum absolute atomic E-state index is 0.0734. The van der Waals surface area contributed by atoms with E-state index >= 15 is 0 Å². The molecule has 178 valence electrons. The summed E-state index contributed by atoms with van der Waals surface area (Å²) < 4.78 is 5.13. The van der Waals surface area contributed by atoms with Crippen molar-refractivity contribution in [2.75, 3.05) is 39.3 Å². The Bertz CT molecular complexity index is 1120. The van der Waals surface area contributed by atoms with Crippen LogP contribution in [0.4, 0.5) is 0 Å². The third-order valence-corrected chi connectivity index (χ3v) is 6.24. The quantitative estimate of drug-likeness (QED) is 0.462. The Morgan fingerprint density at radius 2 is 1.59 bits per heavy atom. The van der Waals surface area contributed by atoms with Crippen LogP contribution in [0.5, 0.6) is 0 Å². The predicted molar refractivity (Wildman–Crippen MR) is 125 cm³/mol. The van der Waals surface area contributed by atoms with Gasteiger partial charge in [-0.15, -0.1) is 0 Å². The van der Waals surface area contributed by atoms with E-state index in [4.69, 9.17) is 4.74 Å². The van der Waals surface area contributed by atoms with E-state index in [2.05, 4.69) is 30.0 Å². The molecule has 2 heterocycles. The highest BCUT2D eigenvalue weighted by Crippen LogP contribution is 2.24. The highest BCUT2D eigenvalue weighted by molar-refractivity contribution is 6.21. The summed E-state index contributed by atoms with van der Waals surface area (Å²) >= 11 is 0. The van der Waals surface area contributed by atoms with Crippen LogP contribution < -0.4 is 0 Å². The molecule has 4 rings (SSSR count). The maximum Gasteiger partial charge on any atom is 0.308 e. The lowest BCUT2D eigenvalue weighted by molar-refractivity contribution is -0.152. The Hall–Kier alpha value is -3.52. The number of carbonyl (C=O) groups is 4. The maximum absolute atomic E-state index is 12.5. The van der Waals surface area contributed by atoms with Crippen molar-refractivity contribution in [3.05, 3.63) is 70.3 Å². The van der Waals surface area contributed by atoms with Crippen molar-refractivity contribution in [2.24, 2.45) is 0 Å².